The van der Waals surface area contributed by atoms with E-state index in [1.165, 1.54) is 41.5 Å². The second kappa shape index (κ2) is 14.4. The van der Waals surface area contributed by atoms with Gasteiger partial charge in [0, 0.05) is 5.57 Å². The van der Waals surface area contributed by atoms with Crippen LogP contribution in [0.4, 0.5) is 0 Å². The maximum absolute atomic E-state index is 11.7. The van der Waals surface area contributed by atoms with Gasteiger partial charge in [0.25, 0.3) is 0 Å². The second-order valence-corrected chi connectivity index (χ2v) is 9.60. The van der Waals surface area contributed by atoms with Crippen LogP contribution in [0, 0.1) is 6.92 Å². The number of carbonyl (C=O) groups excluding carboxylic acids is 1. The van der Waals surface area contributed by atoms with Crippen molar-refractivity contribution in [1.29, 1.82) is 0 Å². The zero-order valence-corrected chi connectivity index (χ0v) is 22.5. The summed E-state index contributed by atoms with van der Waals surface area (Å²) in [6.45, 7) is 10.2. The van der Waals surface area contributed by atoms with Crippen molar-refractivity contribution in [3.63, 3.8) is 0 Å². The van der Waals surface area contributed by atoms with E-state index in [0.717, 1.165) is 28.9 Å². The van der Waals surface area contributed by atoms with Gasteiger partial charge in [-0.1, -0.05) is 74.9 Å². The number of rotatable bonds is 14. The van der Waals surface area contributed by atoms with Crippen LogP contribution in [0.2, 0.25) is 0 Å². The summed E-state index contributed by atoms with van der Waals surface area (Å²) < 4.78 is 11.0. The zero-order valence-electron chi connectivity index (χ0n) is 22.5. The third kappa shape index (κ3) is 8.33. The van der Waals surface area contributed by atoms with Gasteiger partial charge in [0.1, 0.15) is 12.4 Å². The number of benzene rings is 3. The summed E-state index contributed by atoms with van der Waals surface area (Å²) in [5.74, 6) is 0.378. The lowest BCUT2D eigenvalue weighted by molar-refractivity contribution is -0.139. The molecule has 0 aliphatic rings. The molecule has 3 rings (SSSR count). The first kappa shape index (κ1) is 28.2. The number of carbonyl (C=O) groups is 1. The van der Waals surface area contributed by atoms with E-state index in [0.29, 0.717) is 25.0 Å². The van der Waals surface area contributed by atoms with Crippen molar-refractivity contribution >= 4 is 5.97 Å². The molecule has 0 aliphatic carbocycles. The molecule has 0 bridgehead atoms. The van der Waals surface area contributed by atoms with Crippen molar-refractivity contribution in [2.24, 2.45) is 0 Å². The predicted octanol–water partition coefficient (Wildman–Crippen LogP) is 7.48. The Labute approximate surface area is 222 Å². The minimum atomic E-state index is -0.368. The summed E-state index contributed by atoms with van der Waals surface area (Å²) in [5, 5.41) is 9.20. The first-order valence-corrected chi connectivity index (χ1v) is 13.3. The molecule has 37 heavy (non-hydrogen) atoms. The SMILES string of the molecule is C=C(C)C(=O)OCCCc1cc(-c2ccc(-c3ccc(CCCCC)cc3)c(C)c2)ccc1OCCO. The fraction of sp³-hybridized carbons (Fsp3) is 0.364. The van der Waals surface area contributed by atoms with E-state index in [9.17, 15) is 9.90 Å². The molecule has 0 saturated carbocycles. The molecule has 0 radical (unpaired) electrons. The Morgan fingerprint density at radius 2 is 1.57 bits per heavy atom. The lowest BCUT2D eigenvalue weighted by Gasteiger charge is -2.14. The Hall–Kier alpha value is -3.37. The Kier molecular flexibility index (Phi) is 11.0. The Balaban J connectivity index is 1.76. The predicted molar refractivity (Wildman–Crippen MR) is 152 cm³/mol. The fourth-order valence-corrected chi connectivity index (χ4v) is 4.40. The van der Waals surface area contributed by atoms with Crippen molar-refractivity contribution in [2.45, 2.75) is 59.3 Å². The van der Waals surface area contributed by atoms with Gasteiger partial charge in [0.2, 0.25) is 0 Å². The lowest BCUT2D eigenvalue weighted by Crippen LogP contribution is -2.08. The number of unbranched alkanes of at least 4 members (excludes halogenated alkanes) is 2. The highest BCUT2D eigenvalue weighted by molar-refractivity contribution is 5.86. The van der Waals surface area contributed by atoms with Crippen molar-refractivity contribution in [3.8, 4) is 28.0 Å². The molecule has 0 aromatic heterocycles. The first-order chi connectivity index (χ1) is 17.9. The molecule has 0 atom stereocenters. The molecular formula is C33H40O4. The van der Waals surface area contributed by atoms with E-state index >= 15 is 0 Å². The van der Waals surface area contributed by atoms with Crippen molar-refractivity contribution in [1.82, 2.24) is 0 Å². The third-order valence-corrected chi connectivity index (χ3v) is 6.48. The minimum absolute atomic E-state index is 0.0439. The van der Waals surface area contributed by atoms with Gasteiger partial charge < -0.3 is 14.6 Å². The molecule has 0 heterocycles. The smallest absolute Gasteiger partial charge is 0.333 e. The summed E-state index contributed by atoms with van der Waals surface area (Å²) >= 11 is 0. The Morgan fingerprint density at radius 1 is 0.865 bits per heavy atom. The summed E-state index contributed by atoms with van der Waals surface area (Å²) in [4.78, 5) is 11.7. The summed E-state index contributed by atoms with van der Waals surface area (Å²) in [6.07, 6.45) is 6.28. The van der Waals surface area contributed by atoms with Gasteiger partial charge >= 0.3 is 5.97 Å². The minimum Gasteiger partial charge on any atom is -0.491 e. The van der Waals surface area contributed by atoms with Gasteiger partial charge in [-0.05, 0) is 90.6 Å². The average molecular weight is 501 g/mol. The zero-order chi connectivity index (χ0) is 26.6. The Morgan fingerprint density at radius 3 is 2.24 bits per heavy atom. The highest BCUT2D eigenvalue weighted by Gasteiger charge is 2.10. The van der Waals surface area contributed by atoms with Gasteiger partial charge in [0.05, 0.1) is 13.2 Å². The largest absolute Gasteiger partial charge is 0.491 e. The van der Waals surface area contributed by atoms with E-state index in [1.807, 2.05) is 6.07 Å². The van der Waals surface area contributed by atoms with Crippen molar-refractivity contribution in [2.75, 3.05) is 19.8 Å². The molecule has 196 valence electrons. The van der Waals surface area contributed by atoms with E-state index in [4.69, 9.17) is 9.47 Å². The van der Waals surface area contributed by atoms with Crippen molar-refractivity contribution < 1.29 is 19.4 Å². The van der Waals surface area contributed by atoms with Crippen LogP contribution in [0.5, 0.6) is 5.75 Å². The van der Waals surface area contributed by atoms with Crippen LogP contribution < -0.4 is 4.74 Å². The normalized spacial score (nSPS) is 10.8. The third-order valence-electron chi connectivity index (χ3n) is 6.48. The van der Waals surface area contributed by atoms with E-state index < -0.39 is 0 Å². The quantitative estimate of drug-likeness (QED) is 0.142. The lowest BCUT2D eigenvalue weighted by atomic mass is 9.93. The number of aryl methyl sites for hydroxylation is 3. The molecule has 0 saturated heterocycles. The second-order valence-electron chi connectivity index (χ2n) is 9.60. The average Bonchev–Trinajstić information content (AvgIpc) is 2.90. The maximum atomic E-state index is 11.7. The maximum Gasteiger partial charge on any atom is 0.333 e. The molecule has 0 amide bonds. The highest BCUT2D eigenvalue weighted by Crippen LogP contribution is 2.32. The molecule has 0 fully saturated rings. The first-order valence-electron chi connectivity index (χ1n) is 13.3. The highest BCUT2D eigenvalue weighted by atomic mass is 16.5. The van der Waals surface area contributed by atoms with Gasteiger partial charge in [-0.3, -0.25) is 0 Å². The van der Waals surface area contributed by atoms with Crippen LogP contribution in [0.15, 0.2) is 72.8 Å². The fourth-order valence-electron chi connectivity index (χ4n) is 4.40. The summed E-state index contributed by atoms with van der Waals surface area (Å²) in [6, 6.07) is 21.7. The topological polar surface area (TPSA) is 55.8 Å². The molecule has 1 N–H and O–H groups in total. The summed E-state index contributed by atoms with van der Waals surface area (Å²) in [5.41, 5.74) is 8.77. The van der Waals surface area contributed by atoms with Gasteiger partial charge in [-0.15, -0.1) is 0 Å². The van der Waals surface area contributed by atoms with Crippen LogP contribution in [-0.4, -0.2) is 30.9 Å². The van der Waals surface area contributed by atoms with Crippen LogP contribution >= 0.6 is 0 Å². The van der Waals surface area contributed by atoms with Crippen LogP contribution in [-0.2, 0) is 22.4 Å². The van der Waals surface area contributed by atoms with E-state index in [-0.39, 0.29) is 19.2 Å². The van der Waals surface area contributed by atoms with E-state index in [2.05, 4.69) is 75.0 Å². The van der Waals surface area contributed by atoms with Crippen LogP contribution in [0.3, 0.4) is 0 Å². The number of esters is 1. The molecular weight excluding hydrogens is 460 g/mol. The number of ether oxygens (including phenoxy) is 2. The standard InChI is InChI=1S/C33H40O4/c1-5-6-7-9-26-11-13-27(14-12-26)31-17-15-28(22-25(31)4)29-16-18-32(36-21-19-34)30(23-29)10-8-20-37-33(35)24(2)3/h11-18,22-23,34H,2,5-10,19-21H2,1,3-4H3. The van der Waals surface area contributed by atoms with Gasteiger partial charge in [-0.2, -0.15) is 0 Å². The molecule has 0 spiro atoms. The van der Waals surface area contributed by atoms with Gasteiger partial charge in [-0.25, -0.2) is 4.79 Å². The van der Waals surface area contributed by atoms with Crippen molar-refractivity contribution in [3.05, 3.63) is 89.5 Å². The monoisotopic (exact) mass is 500 g/mol. The number of aliphatic hydroxyl groups excluding tert-OH is 1. The van der Waals surface area contributed by atoms with Gasteiger partial charge in [0.15, 0.2) is 0 Å². The molecule has 4 nitrogen and oxygen atoms in total. The number of hydrogen-bond donors (Lipinski definition) is 1. The molecule has 4 heteroatoms. The van der Waals surface area contributed by atoms with E-state index in [1.54, 1.807) is 6.92 Å². The molecule has 3 aromatic rings. The Bertz CT molecular complexity index is 1180. The number of aliphatic hydroxyl groups is 1. The summed E-state index contributed by atoms with van der Waals surface area (Å²) in [7, 11) is 0. The van der Waals surface area contributed by atoms with Crippen LogP contribution in [0.25, 0.3) is 22.3 Å². The van der Waals surface area contributed by atoms with Crippen LogP contribution in [0.1, 0.15) is 56.2 Å². The molecule has 3 aromatic carbocycles. The molecule has 0 aliphatic heterocycles. The number of hydrogen-bond acceptors (Lipinski definition) is 4. The molecule has 0 unspecified atom stereocenters.